The van der Waals surface area contributed by atoms with E-state index in [0.717, 1.165) is 6.08 Å². The van der Waals surface area contributed by atoms with Crippen molar-refractivity contribution >= 4 is 21.9 Å². The van der Waals surface area contributed by atoms with Gasteiger partial charge in [0.15, 0.2) is 0 Å². The Bertz CT molecular complexity index is 347. The standard InChI is InChI=1S/C9H7BrO3/c1-2-9(12)13-8-4-3-6(11)5-7(8)10/h2-5,11H,1H2. The van der Waals surface area contributed by atoms with E-state index in [4.69, 9.17) is 9.84 Å². The van der Waals surface area contributed by atoms with Crippen molar-refractivity contribution in [2.24, 2.45) is 0 Å². The Kier molecular flexibility index (Phi) is 3.08. The summed E-state index contributed by atoms with van der Waals surface area (Å²) >= 11 is 3.13. The number of carbonyl (C=O) groups is 1. The Balaban J connectivity index is 2.89. The normalized spacial score (nSPS) is 9.31. The first-order chi connectivity index (χ1) is 6.13. The van der Waals surface area contributed by atoms with E-state index in [1.807, 2.05) is 0 Å². The first kappa shape index (κ1) is 9.80. The summed E-state index contributed by atoms with van der Waals surface area (Å²) in [4.78, 5) is 10.8. The lowest BCUT2D eigenvalue weighted by Gasteiger charge is -2.03. The molecule has 1 aromatic rings. The van der Waals surface area contributed by atoms with Crippen molar-refractivity contribution in [3.63, 3.8) is 0 Å². The minimum absolute atomic E-state index is 0.102. The molecule has 3 nitrogen and oxygen atoms in total. The molecule has 0 spiro atoms. The second kappa shape index (κ2) is 4.09. The molecule has 1 N–H and O–H groups in total. The number of ether oxygens (including phenoxy) is 1. The molecule has 0 amide bonds. The molecule has 4 heteroatoms. The third-order valence-corrected chi connectivity index (χ3v) is 1.91. The van der Waals surface area contributed by atoms with Crippen molar-refractivity contribution in [1.82, 2.24) is 0 Å². The highest BCUT2D eigenvalue weighted by molar-refractivity contribution is 9.10. The quantitative estimate of drug-likeness (QED) is 0.492. The number of rotatable bonds is 2. The van der Waals surface area contributed by atoms with Crippen LogP contribution in [0.3, 0.4) is 0 Å². The highest BCUT2D eigenvalue weighted by Crippen LogP contribution is 2.28. The van der Waals surface area contributed by atoms with Gasteiger partial charge in [0, 0.05) is 6.08 Å². The average molecular weight is 243 g/mol. The molecule has 0 heterocycles. The smallest absolute Gasteiger partial charge is 0.335 e. The Hall–Kier alpha value is -1.29. The van der Waals surface area contributed by atoms with E-state index < -0.39 is 5.97 Å². The van der Waals surface area contributed by atoms with Crippen LogP contribution >= 0.6 is 15.9 Å². The molecule has 0 aliphatic rings. The van der Waals surface area contributed by atoms with Gasteiger partial charge in [-0.3, -0.25) is 0 Å². The summed E-state index contributed by atoms with van der Waals surface area (Å²) in [5.41, 5.74) is 0. The van der Waals surface area contributed by atoms with Gasteiger partial charge in [-0.1, -0.05) is 6.58 Å². The highest BCUT2D eigenvalue weighted by Gasteiger charge is 2.04. The zero-order valence-corrected chi connectivity index (χ0v) is 8.24. The monoisotopic (exact) mass is 242 g/mol. The van der Waals surface area contributed by atoms with Crippen molar-refractivity contribution in [1.29, 1.82) is 0 Å². The second-order valence-electron chi connectivity index (χ2n) is 2.24. The van der Waals surface area contributed by atoms with Gasteiger partial charge in [-0.15, -0.1) is 0 Å². The van der Waals surface area contributed by atoms with E-state index in [-0.39, 0.29) is 5.75 Å². The lowest BCUT2D eigenvalue weighted by atomic mass is 10.3. The molecule has 0 fully saturated rings. The number of carbonyl (C=O) groups excluding carboxylic acids is 1. The molecule has 0 aliphatic carbocycles. The number of phenols is 1. The van der Waals surface area contributed by atoms with E-state index in [1.165, 1.54) is 18.2 Å². The van der Waals surface area contributed by atoms with Crippen LogP contribution in [0.1, 0.15) is 0 Å². The van der Waals surface area contributed by atoms with Gasteiger partial charge in [0.25, 0.3) is 0 Å². The summed E-state index contributed by atoms with van der Waals surface area (Å²) in [6.45, 7) is 3.26. The lowest BCUT2D eigenvalue weighted by molar-refractivity contribution is -0.129. The first-order valence-electron chi connectivity index (χ1n) is 3.46. The van der Waals surface area contributed by atoms with Crippen LogP contribution in [0.5, 0.6) is 11.5 Å². The molecule has 0 saturated heterocycles. The molecule has 68 valence electrons. The third kappa shape index (κ3) is 2.59. The van der Waals surface area contributed by atoms with Gasteiger partial charge in [-0.2, -0.15) is 0 Å². The Morgan fingerprint density at radius 3 is 2.85 bits per heavy atom. The van der Waals surface area contributed by atoms with Crippen molar-refractivity contribution in [3.05, 3.63) is 35.3 Å². The molecule has 0 saturated carbocycles. The predicted octanol–water partition coefficient (Wildman–Crippen LogP) is 2.25. The third-order valence-electron chi connectivity index (χ3n) is 1.29. The van der Waals surface area contributed by atoms with E-state index >= 15 is 0 Å². The van der Waals surface area contributed by atoms with Gasteiger partial charge in [0.05, 0.1) is 4.47 Å². The fourth-order valence-corrected chi connectivity index (χ4v) is 1.17. The number of hydrogen-bond acceptors (Lipinski definition) is 3. The molecule has 1 rings (SSSR count). The fraction of sp³-hybridized carbons (Fsp3) is 0. The van der Waals surface area contributed by atoms with Crippen molar-refractivity contribution in [2.75, 3.05) is 0 Å². The summed E-state index contributed by atoms with van der Waals surface area (Å²) in [5.74, 6) is -0.0839. The molecular weight excluding hydrogens is 236 g/mol. The van der Waals surface area contributed by atoms with Crippen molar-refractivity contribution in [2.45, 2.75) is 0 Å². The first-order valence-corrected chi connectivity index (χ1v) is 4.25. The molecule has 1 aromatic carbocycles. The SMILES string of the molecule is C=CC(=O)Oc1ccc(O)cc1Br. The number of benzene rings is 1. The Morgan fingerprint density at radius 2 is 2.31 bits per heavy atom. The van der Waals surface area contributed by atoms with Gasteiger partial charge in [-0.25, -0.2) is 4.79 Å². The second-order valence-corrected chi connectivity index (χ2v) is 3.09. The summed E-state index contributed by atoms with van der Waals surface area (Å²) in [5, 5.41) is 9.04. The maximum atomic E-state index is 10.8. The number of aromatic hydroxyl groups is 1. The molecule has 0 aliphatic heterocycles. The van der Waals surface area contributed by atoms with Crippen molar-refractivity contribution in [3.8, 4) is 11.5 Å². The zero-order valence-electron chi connectivity index (χ0n) is 6.66. The Morgan fingerprint density at radius 1 is 1.62 bits per heavy atom. The number of halogens is 1. The molecular formula is C9H7BrO3. The van der Waals surface area contributed by atoms with Crippen LogP contribution in [-0.2, 0) is 4.79 Å². The zero-order chi connectivity index (χ0) is 9.84. The van der Waals surface area contributed by atoms with Crippen LogP contribution in [0, 0.1) is 0 Å². The predicted molar refractivity (Wildman–Crippen MR) is 51.6 cm³/mol. The van der Waals surface area contributed by atoms with E-state index in [0.29, 0.717) is 10.2 Å². The van der Waals surface area contributed by atoms with E-state index in [9.17, 15) is 4.79 Å². The van der Waals surface area contributed by atoms with Gasteiger partial charge < -0.3 is 9.84 Å². The topological polar surface area (TPSA) is 46.5 Å². The van der Waals surface area contributed by atoms with E-state index in [1.54, 1.807) is 0 Å². The molecule has 0 aromatic heterocycles. The van der Waals surface area contributed by atoms with Gasteiger partial charge >= 0.3 is 5.97 Å². The lowest BCUT2D eigenvalue weighted by Crippen LogP contribution is -2.03. The number of phenolic OH excluding ortho intramolecular Hbond substituents is 1. The van der Waals surface area contributed by atoms with Crippen LogP contribution in [0.4, 0.5) is 0 Å². The minimum atomic E-state index is -0.536. The van der Waals surface area contributed by atoms with Crippen LogP contribution in [0.15, 0.2) is 35.3 Å². The Labute approximate surface area is 83.8 Å². The molecule has 0 atom stereocenters. The molecule has 0 bridgehead atoms. The maximum Gasteiger partial charge on any atom is 0.335 e. The summed E-state index contributed by atoms with van der Waals surface area (Å²) in [7, 11) is 0. The van der Waals surface area contributed by atoms with Crippen LogP contribution in [-0.4, -0.2) is 11.1 Å². The summed E-state index contributed by atoms with van der Waals surface area (Å²) in [6, 6.07) is 4.35. The molecule has 13 heavy (non-hydrogen) atoms. The fourth-order valence-electron chi connectivity index (χ4n) is 0.723. The highest BCUT2D eigenvalue weighted by atomic mass is 79.9. The van der Waals surface area contributed by atoms with Gasteiger partial charge in [0.2, 0.25) is 0 Å². The summed E-state index contributed by atoms with van der Waals surface area (Å²) < 4.78 is 5.35. The minimum Gasteiger partial charge on any atom is -0.508 e. The van der Waals surface area contributed by atoms with Crippen LogP contribution in [0.25, 0.3) is 0 Å². The summed E-state index contributed by atoms with van der Waals surface area (Å²) in [6.07, 6.45) is 1.07. The number of hydrogen-bond donors (Lipinski definition) is 1. The molecule has 0 radical (unpaired) electrons. The maximum absolute atomic E-state index is 10.8. The number of esters is 1. The van der Waals surface area contributed by atoms with Crippen LogP contribution in [0.2, 0.25) is 0 Å². The van der Waals surface area contributed by atoms with Crippen LogP contribution < -0.4 is 4.74 Å². The molecule has 0 unspecified atom stereocenters. The van der Waals surface area contributed by atoms with Gasteiger partial charge in [-0.05, 0) is 34.1 Å². The van der Waals surface area contributed by atoms with Crippen molar-refractivity contribution < 1.29 is 14.6 Å². The largest absolute Gasteiger partial charge is 0.508 e. The van der Waals surface area contributed by atoms with Gasteiger partial charge in [0.1, 0.15) is 11.5 Å². The van der Waals surface area contributed by atoms with E-state index in [2.05, 4.69) is 22.5 Å². The average Bonchev–Trinajstić information content (AvgIpc) is 2.09.